The van der Waals surface area contributed by atoms with Gasteiger partial charge in [0.25, 0.3) is 0 Å². The molecule has 0 fully saturated rings. The average molecular weight is 281 g/mol. The molecule has 0 aromatic heterocycles. The van der Waals surface area contributed by atoms with Crippen LogP contribution in [0.3, 0.4) is 0 Å². The van der Waals surface area contributed by atoms with E-state index in [1.807, 2.05) is 45.0 Å². The molecule has 19 heavy (non-hydrogen) atoms. The minimum Gasteiger partial charge on any atom is -0.461 e. The Hall–Kier alpha value is -1.16. The van der Waals surface area contributed by atoms with Gasteiger partial charge in [0.05, 0.1) is 6.10 Å². The normalized spacial score (nSPS) is 13.7. The molecule has 0 bridgehead atoms. The van der Waals surface area contributed by atoms with E-state index in [4.69, 9.17) is 4.74 Å². The van der Waals surface area contributed by atoms with Crippen LogP contribution in [0.15, 0.2) is 24.3 Å². The van der Waals surface area contributed by atoms with E-state index in [9.17, 15) is 4.79 Å². The lowest BCUT2D eigenvalue weighted by Gasteiger charge is -2.20. The van der Waals surface area contributed by atoms with Crippen LogP contribution in [0.4, 0.5) is 5.69 Å². The van der Waals surface area contributed by atoms with Crippen molar-refractivity contribution in [3.8, 4) is 0 Å². The zero-order valence-corrected chi connectivity index (χ0v) is 12.7. The second kappa shape index (κ2) is 8.10. The molecule has 1 rings (SSSR count). The molecule has 0 saturated heterocycles. The summed E-state index contributed by atoms with van der Waals surface area (Å²) in [6.45, 7) is 5.94. The van der Waals surface area contributed by atoms with Crippen molar-refractivity contribution in [1.29, 1.82) is 0 Å². The van der Waals surface area contributed by atoms with E-state index in [-0.39, 0.29) is 18.1 Å². The number of benzene rings is 1. The van der Waals surface area contributed by atoms with E-state index in [1.165, 1.54) is 5.56 Å². The SMILES string of the molecule is CCC(C)OC(=O)[C@H](CCS)Nc1ccc(C)cc1. The fourth-order valence-corrected chi connectivity index (χ4v) is 1.85. The molecule has 0 aliphatic heterocycles. The van der Waals surface area contributed by atoms with Crippen molar-refractivity contribution >= 4 is 24.3 Å². The van der Waals surface area contributed by atoms with Crippen LogP contribution in [-0.2, 0) is 9.53 Å². The number of thiol groups is 1. The minimum absolute atomic E-state index is 0.0465. The fraction of sp³-hybridized carbons (Fsp3) is 0.533. The van der Waals surface area contributed by atoms with Gasteiger partial charge in [-0.15, -0.1) is 0 Å². The summed E-state index contributed by atoms with van der Waals surface area (Å²) in [5.41, 5.74) is 2.12. The molecule has 0 aliphatic carbocycles. The molecule has 0 spiro atoms. The highest BCUT2D eigenvalue weighted by Gasteiger charge is 2.20. The number of rotatable bonds is 7. The summed E-state index contributed by atoms with van der Waals surface area (Å²) in [6, 6.07) is 7.63. The predicted molar refractivity (Wildman–Crippen MR) is 82.9 cm³/mol. The molecular formula is C15H23NO2S. The van der Waals surface area contributed by atoms with Crippen LogP contribution in [0.1, 0.15) is 32.3 Å². The molecule has 0 amide bonds. The highest BCUT2D eigenvalue weighted by atomic mass is 32.1. The van der Waals surface area contributed by atoms with Crippen molar-refractivity contribution in [3.05, 3.63) is 29.8 Å². The molecule has 0 aliphatic rings. The van der Waals surface area contributed by atoms with Crippen LogP contribution in [0, 0.1) is 6.92 Å². The van der Waals surface area contributed by atoms with Gasteiger partial charge in [-0.1, -0.05) is 24.6 Å². The molecule has 106 valence electrons. The minimum atomic E-state index is -0.339. The zero-order valence-electron chi connectivity index (χ0n) is 11.8. The maximum atomic E-state index is 12.1. The first-order valence-corrected chi connectivity index (χ1v) is 7.34. The Balaban J connectivity index is 2.66. The number of anilines is 1. The lowest BCUT2D eigenvalue weighted by atomic mass is 10.2. The molecule has 0 saturated carbocycles. The van der Waals surface area contributed by atoms with Gasteiger partial charge in [-0.2, -0.15) is 12.6 Å². The Labute approximate surface area is 121 Å². The number of ether oxygens (including phenoxy) is 1. The number of nitrogens with one attached hydrogen (secondary N) is 1. The highest BCUT2D eigenvalue weighted by molar-refractivity contribution is 7.80. The zero-order chi connectivity index (χ0) is 14.3. The van der Waals surface area contributed by atoms with Crippen LogP contribution in [-0.4, -0.2) is 23.9 Å². The molecule has 0 heterocycles. The highest BCUT2D eigenvalue weighted by Crippen LogP contribution is 2.13. The molecule has 1 aromatic rings. The van der Waals surface area contributed by atoms with Gasteiger partial charge in [0.15, 0.2) is 0 Å². The van der Waals surface area contributed by atoms with E-state index in [0.29, 0.717) is 12.2 Å². The first-order chi connectivity index (χ1) is 9.06. The van der Waals surface area contributed by atoms with Gasteiger partial charge >= 0.3 is 5.97 Å². The van der Waals surface area contributed by atoms with Gasteiger partial charge in [0, 0.05) is 5.69 Å². The summed E-state index contributed by atoms with van der Waals surface area (Å²) >= 11 is 4.20. The lowest BCUT2D eigenvalue weighted by molar-refractivity contribution is -0.149. The van der Waals surface area contributed by atoms with Crippen LogP contribution < -0.4 is 5.32 Å². The van der Waals surface area contributed by atoms with Crippen LogP contribution in [0.2, 0.25) is 0 Å². The smallest absolute Gasteiger partial charge is 0.328 e. The van der Waals surface area contributed by atoms with Crippen LogP contribution >= 0.6 is 12.6 Å². The topological polar surface area (TPSA) is 38.3 Å². The van der Waals surface area contributed by atoms with Gasteiger partial charge in [-0.25, -0.2) is 4.79 Å². The third-order valence-electron chi connectivity index (χ3n) is 2.99. The number of carbonyl (C=O) groups excluding carboxylic acids is 1. The molecule has 1 unspecified atom stereocenters. The number of esters is 1. The number of hydrogen-bond acceptors (Lipinski definition) is 4. The average Bonchev–Trinajstić information content (AvgIpc) is 2.40. The van der Waals surface area contributed by atoms with Crippen LogP contribution in [0.5, 0.6) is 0 Å². The quantitative estimate of drug-likeness (QED) is 0.594. The van der Waals surface area contributed by atoms with E-state index < -0.39 is 0 Å². The molecule has 1 aromatic carbocycles. The van der Waals surface area contributed by atoms with Gasteiger partial charge < -0.3 is 10.1 Å². The van der Waals surface area contributed by atoms with E-state index in [0.717, 1.165) is 12.1 Å². The fourth-order valence-electron chi connectivity index (χ4n) is 1.59. The lowest BCUT2D eigenvalue weighted by Crippen LogP contribution is -2.33. The summed E-state index contributed by atoms with van der Waals surface area (Å²) < 4.78 is 5.37. The van der Waals surface area contributed by atoms with Crippen LogP contribution in [0.25, 0.3) is 0 Å². The van der Waals surface area contributed by atoms with Crippen molar-refractivity contribution < 1.29 is 9.53 Å². The Morgan fingerprint density at radius 2 is 2.00 bits per heavy atom. The maximum absolute atomic E-state index is 12.1. The third-order valence-corrected chi connectivity index (χ3v) is 3.25. The van der Waals surface area contributed by atoms with Gasteiger partial charge in [-0.3, -0.25) is 0 Å². The summed E-state index contributed by atoms with van der Waals surface area (Å²) in [4.78, 5) is 12.1. The predicted octanol–water partition coefficient (Wildman–Crippen LogP) is 3.44. The Morgan fingerprint density at radius 3 is 2.53 bits per heavy atom. The Kier molecular flexibility index (Phi) is 6.78. The standard InChI is InChI=1S/C15H23NO2S/c1-4-12(3)18-15(17)14(9-10-19)16-13-7-5-11(2)6-8-13/h5-8,12,14,16,19H,4,9-10H2,1-3H3/t12?,14-/m0/s1. The first-order valence-electron chi connectivity index (χ1n) is 6.71. The number of hydrogen-bond donors (Lipinski definition) is 2. The Bertz CT molecular complexity index is 392. The monoisotopic (exact) mass is 281 g/mol. The van der Waals surface area contributed by atoms with Crippen molar-refractivity contribution in [2.45, 2.75) is 45.8 Å². The molecule has 4 heteroatoms. The van der Waals surface area contributed by atoms with Crippen molar-refractivity contribution in [2.75, 3.05) is 11.1 Å². The summed E-state index contributed by atoms with van der Waals surface area (Å²) in [5, 5.41) is 3.21. The molecule has 1 N–H and O–H groups in total. The van der Waals surface area contributed by atoms with Crippen molar-refractivity contribution in [2.24, 2.45) is 0 Å². The van der Waals surface area contributed by atoms with E-state index in [1.54, 1.807) is 0 Å². The third kappa shape index (κ3) is 5.55. The second-order valence-corrected chi connectivity index (χ2v) is 5.18. The number of carbonyl (C=O) groups is 1. The van der Waals surface area contributed by atoms with Gasteiger partial charge in [0.2, 0.25) is 0 Å². The maximum Gasteiger partial charge on any atom is 0.328 e. The van der Waals surface area contributed by atoms with Crippen molar-refractivity contribution in [1.82, 2.24) is 0 Å². The molecule has 2 atom stereocenters. The summed E-state index contributed by atoms with van der Waals surface area (Å²) in [6.07, 6.45) is 1.42. The summed E-state index contributed by atoms with van der Waals surface area (Å²) in [7, 11) is 0. The van der Waals surface area contributed by atoms with E-state index in [2.05, 4.69) is 17.9 Å². The summed E-state index contributed by atoms with van der Waals surface area (Å²) in [5.74, 6) is 0.433. The molecule has 0 radical (unpaired) electrons. The molecule has 3 nitrogen and oxygen atoms in total. The first kappa shape index (κ1) is 15.9. The largest absolute Gasteiger partial charge is 0.461 e. The molecular weight excluding hydrogens is 258 g/mol. The van der Waals surface area contributed by atoms with Crippen molar-refractivity contribution in [3.63, 3.8) is 0 Å². The van der Waals surface area contributed by atoms with Gasteiger partial charge in [0.1, 0.15) is 6.04 Å². The Morgan fingerprint density at radius 1 is 1.37 bits per heavy atom. The second-order valence-electron chi connectivity index (χ2n) is 4.73. The van der Waals surface area contributed by atoms with E-state index >= 15 is 0 Å². The van der Waals surface area contributed by atoms with Gasteiger partial charge in [-0.05, 0) is 44.6 Å². The number of aryl methyl sites for hydroxylation is 1.